The molecule has 1 aliphatic rings. The van der Waals surface area contributed by atoms with Gasteiger partial charge in [0.2, 0.25) is 0 Å². The largest absolute Gasteiger partial charge is 0.418 e. The van der Waals surface area contributed by atoms with Crippen LogP contribution >= 0.6 is 15.9 Å². The van der Waals surface area contributed by atoms with E-state index in [9.17, 15) is 13.2 Å². The lowest BCUT2D eigenvalue weighted by molar-refractivity contribution is -0.137. The molecule has 1 aromatic carbocycles. The number of hydrogen-bond acceptors (Lipinski definition) is 2. The van der Waals surface area contributed by atoms with Crippen LogP contribution in [-0.2, 0) is 10.9 Å². The Balaban J connectivity index is 2.25. The number of halogens is 4. The molecule has 0 saturated heterocycles. The summed E-state index contributed by atoms with van der Waals surface area (Å²) < 4.78 is 44.7. The quantitative estimate of drug-likeness (QED) is 0.879. The highest BCUT2D eigenvalue weighted by molar-refractivity contribution is 9.10. The lowest BCUT2D eigenvalue weighted by Crippen LogP contribution is -2.30. The Morgan fingerprint density at radius 2 is 2.05 bits per heavy atom. The van der Waals surface area contributed by atoms with Gasteiger partial charge < -0.3 is 10.1 Å². The smallest absolute Gasteiger partial charge is 0.379 e. The average Bonchev–Trinajstić information content (AvgIpc) is 2.77. The average molecular weight is 338 g/mol. The Morgan fingerprint density at radius 3 is 2.68 bits per heavy atom. The van der Waals surface area contributed by atoms with Crippen molar-refractivity contribution < 1.29 is 17.9 Å². The van der Waals surface area contributed by atoms with Crippen molar-refractivity contribution in [1.29, 1.82) is 0 Å². The molecule has 0 heterocycles. The van der Waals surface area contributed by atoms with Crippen LogP contribution in [0.1, 0.15) is 24.8 Å². The maximum atomic E-state index is 13.0. The van der Waals surface area contributed by atoms with E-state index in [4.69, 9.17) is 4.74 Å². The SMILES string of the molecule is COC1CCCC1Nc1ccc(Br)cc1C(F)(F)F. The van der Waals surface area contributed by atoms with Crippen LogP contribution in [0.4, 0.5) is 18.9 Å². The van der Waals surface area contributed by atoms with Gasteiger partial charge in [0.25, 0.3) is 0 Å². The molecular weight excluding hydrogens is 323 g/mol. The van der Waals surface area contributed by atoms with Gasteiger partial charge in [-0.3, -0.25) is 0 Å². The third kappa shape index (κ3) is 3.42. The zero-order valence-electron chi connectivity index (χ0n) is 10.4. The van der Waals surface area contributed by atoms with Crippen molar-refractivity contribution in [2.75, 3.05) is 12.4 Å². The summed E-state index contributed by atoms with van der Waals surface area (Å²) in [5.41, 5.74) is -0.534. The molecule has 6 heteroatoms. The van der Waals surface area contributed by atoms with Gasteiger partial charge >= 0.3 is 6.18 Å². The van der Waals surface area contributed by atoms with E-state index >= 15 is 0 Å². The van der Waals surface area contributed by atoms with Crippen molar-refractivity contribution in [3.8, 4) is 0 Å². The maximum Gasteiger partial charge on any atom is 0.418 e. The number of alkyl halides is 3. The first-order valence-corrected chi connectivity index (χ1v) is 6.87. The minimum Gasteiger partial charge on any atom is -0.379 e. The molecule has 1 fully saturated rings. The molecule has 0 aromatic heterocycles. The second-order valence-electron chi connectivity index (χ2n) is 4.64. The third-order valence-electron chi connectivity index (χ3n) is 3.38. The molecule has 2 atom stereocenters. The van der Waals surface area contributed by atoms with Gasteiger partial charge in [-0.25, -0.2) is 0 Å². The van der Waals surface area contributed by atoms with Crippen molar-refractivity contribution in [3.63, 3.8) is 0 Å². The van der Waals surface area contributed by atoms with Crippen LogP contribution in [0.5, 0.6) is 0 Å². The Morgan fingerprint density at radius 1 is 1.32 bits per heavy atom. The van der Waals surface area contributed by atoms with Gasteiger partial charge in [0.15, 0.2) is 0 Å². The van der Waals surface area contributed by atoms with Crippen molar-refractivity contribution >= 4 is 21.6 Å². The van der Waals surface area contributed by atoms with E-state index in [-0.39, 0.29) is 17.8 Å². The molecule has 19 heavy (non-hydrogen) atoms. The number of benzene rings is 1. The van der Waals surface area contributed by atoms with Crippen LogP contribution in [-0.4, -0.2) is 19.3 Å². The summed E-state index contributed by atoms with van der Waals surface area (Å²) in [6, 6.07) is 4.10. The first-order valence-electron chi connectivity index (χ1n) is 6.08. The van der Waals surface area contributed by atoms with Gasteiger partial charge in [-0.2, -0.15) is 13.2 Å². The van der Waals surface area contributed by atoms with Gasteiger partial charge in [-0.05, 0) is 37.5 Å². The molecule has 2 unspecified atom stereocenters. The monoisotopic (exact) mass is 337 g/mol. The van der Waals surface area contributed by atoms with Crippen LogP contribution in [0, 0.1) is 0 Å². The Labute approximate surface area is 118 Å². The molecule has 0 amide bonds. The molecule has 0 bridgehead atoms. The van der Waals surface area contributed by atoms with Crippen LogP contribution in [0.2, 0.25) is 0 Å². The van der Waals surface area contributed by atoms with Gasteiger partial charge in [-0.1, -0.05) is 15.9 Å². The normalized spacial score (nSPS) is 23.6. The minimum atomic E-state index is -4.37. The standard InChI is InChI=1S/C13H15BrF3NO/c1-19-12-4-2-3-11(12)18-10-6-5-8(14)7-9(10)13(15,16)17/h5-7,11-12,18H,2-4H2,1H3. The highest BCUT2D eigenvalue weighted by Crippen LogP contribution is 2.38. The predicted molar refractivity (Wildman–Crippen MR) is 71.2 cm³/mol. The number of anilines is 1. The van der Waals surface area contributed by atoms with Crippen LogP contribution in [0.25, 0.3) is 0 Å². The lowest BCUT2D eigenvalue weighted by Gasteiger charge is -2.23. The molecule has 0 spiro atoms. The highest BCUT2D eigenvalue weighted by atomic mass is 79.9. The fourth-order valence-corrected chi connectivity index (χ4v) is 2.81. The van der Waals surface area contributed by atoms with E-state index in [1.165, 1.54) is 6.07 Å². The van der Waals surface area contributed by atoms with E-state index in [1.54, 1.807) is 13.2 Å². The first-order chi connectivity index (χ1) is 8.91. The van der Waals surface area contributed by atoms with Gasteiger partial charge in [0, 0.05) is 17.3 Å². The maximum absolute atomic E-state index is 13.0. The van der Waals surface area contributed by atoms with Gasteiger partial charge in [-0.15, -0.1) is 0 Å². The lowest BCUT2D eigenvalue weighted by atomic mass is 10.1. The fourth-order valence-electron chi connectivity index (χ4n) is 2.45. The Hall–Kier alpha value is -0.750. The molecule has 2 rings (SSSR count). The third-order valence-corrected chi connectivity index (χ3v) is 3.88. The Bertz CT molecular complexity index is 450. The molecule has 1 N–H and O–H groups in total. The summed E-state index contributed by atoms with van der Waals surface area (Å²) in [4.78, 5) is 0. The first kappa shape index (κ1) is 14.7. The van der Waals surface area contributed by atoms with Crippen LogP contribution in [0.15, 0.2) is 22.7 Å². The van der Waals surface area contributed by atoms with E-state index in [0.29, 0.717) is 4.47 Å². The molecular formula is C13H15BrF3NO. The van der Waals surface area contributed by atoms with Crippen molar-refractivity contribution in [2.45, 2.75) is 37.6 Å². The summed E-state index contributed by atoms with van der Waals surface area (Å²) in [5.74, 6) is 0. The van der Waals surface area contributed by atoms with Crippen LogP contribution < -0.4 is 5.32 Å². The van der Waals surface area contributed by atoms with Gasteiger partial charge in [0.05, 0.1) is 17.7 Å². The van der Waals surface area contributed by atoms with Crippen molar-refractivity contribution in [3.05, 3.63) is 28.2 Å². The molecule has 106 valence electrons. The van der Waals surface area contributed by atoms with E-state index in [0.717, 1.165) is 25.3 Å². The topological polar surface area (TPSA) is 21.3 Å². The highest BCUT2D eigenvalue weighted by Gasteiger charge is 2.35. The van der Waals surface area contributed by atoms with Crippen molar-refractivity contribution in [1.82, 2.24) is 0 Å². The molecule has 2 nitrogen and oxygen atoms in total. The molecule has 1 saturated carbocycles. The second kappa shape index (κ2) is 5.71. The van der Waals surface area contributed by atoms with E-state index < -0.39 is 11.7 Å². The molecule has 1 aliphatic carbocycles. The fraction of sp³-hybridized carbons (Fsp3) is 0.538. The predicted octanol–water partition coefficient (Wildman–Crippen LogP) is 4.45. The number of methoxy groups -OCH3 is 1. The zero-order chi connectivity index (χ0) is 14.0. The number of ether oxygens (including phenoxy) is 1. The van der Waals surface area contributed by atoms with Crippen LogP contribution in [0.3, 0.4) is 0 Å². The number of nitrogens with one attached hydrogen (secondary N) is 1. The van der Waals surface area contributed by atoms with E-state index in [1.807, 2.05) is 0 Å². The molecule has 1 aromatic rings. The number of hydrogen-bond donors (Lipinski definition) is 1. The molecule has 0 radical (unpaired) electrons. The summed E-state index contributed by atoms with van der Waals surface area (Å²) in [6.45, 7) is 0. The molecule has 0 aliphatic heterocycles. The summed E-state index contributed by atoms with van der Waals surface area (Å²) >= 11 is 3.07. The van der Waals surface area contributed by atoms with Crippen molar-refractivity contribution in [2.24, 2.45) is 0 Å². The summed E-state index contributed by atoms with van der Waals surface area (Å²) in [7, 11) is 1.59. The minimum absolute atomic E-state index is 0.0234. The van der Waals surface area contributed by atoms with E-state index in [2.05, 4.69) is 21.2 Å². The summed E-state index contributed by atoms with van der Waals surface area (Å²) in [5, 5.41) is 2.98. The zero-order valence-corrected chi connectivity index (χ0v) is 12.0. The Kier molecular flexibility index (Phi) is 4.40. The summed E-state index contributed by atoms with van der Waals surface area (Å²) in [6.07, 6.45) is -1.72. The second-order valence-corrected chi connectivity index (χ2v) is 5.56. The number of rotatable bonds is 3. The van der Waals surface area contributed by atoms with Gasteiger partial charge in [0.1, 0.15) is 0 Å².